The Kier molecular flexibility index (Phi) is 3.36. The summed E-state index contributed by atoms with van der Waals surface area (Å²) in [7, 11) is 0. The van der Waals surface area contributed by atoms with Gasteiger partial charge in [-0.15, -0.1) is 0 Å². The van der Waals surface area contributed by atoms with E-state index in [0.717, 1.165) is 26.2 Å². The molecule has 0 aromatic rings. The average Bonchev–Trinajstić information content (AvgIpc) is 2.97. The second kappa shape index (κ2) is 4.82. The van der Waals surface area contributed by atoms with E-state index in [2.05, 4.69) is 20.9 Å². The molecule has 0 bridgehead atoms. The Morgan fingerprint density at radius 1 is 1.24 bits per heavy atom. The van der Waals surface area contributed by atoms with Crippen LogP contribution in [-0.4, -0.2) is 54.2 Å². The fraction of sp³-hybridized carbons (Fsp3) is 1.00. The van der Waals surface area contributed by atoms with Gasteiger partial charge in [-0.1, -0.05) is 0 Å². The number of nitrogens with zero attached hydrogens (tertiary/aromatic N) is 1. The Morgan fingerprint density at radius 2 is 2.12 bits per heavy atom. The summed E-state index contributed by atoms with van der Waals surface area (Å²) in [6.45, 7) is 5.01. The molecule has 0 amide bonds. The second-order valence-corrected chi connectivity index (χ2v) is 5.60. The zero-order chi connectivity index (χ0) is 11.8. The number of rotatable bonds is 2. The Labute approximate surface area is 103 Å². The van der Waals surface area contributed by atoms with Crippen LogP contribution in [0.3, 0.4) is 0 Å². The molecule has 0 aromatic carbocycles. The molecule has 3 heterocycles. The van der Waals surface area contributed by atoms with Crippen LogP contribution in [0.2, 0.25) is 0 Å². The number of likely N-dealkylation sites (tertiary alicyclic amines) is 1. The average molecular weight is 240 g/mol. The normalized spacial score (nSPS) is 44.8. The quantitative estimate of drug-likeness (QED) is 0.511. The predicted molar refractivity (Wildman–Crippen MR) is 66.2 cm³/mol. The first-order valence-electron chi connectivity index (χ1n) is 6.91. The molecule has 3 fully saturated rings. The third kappa shape index (κ3) is 2.11. The molecular weight excluding hydrogens is 216 g/mol. The molecular formula is C12H24N4O. The maximum absolute atomic E-state index is 9.89. The monoisotopic (exact) mass is 240 g/mol. The van der Waals surface area contributed by atoms with Crippen molar-refractivity contribution in [1.82, 2.24) is 20.9 Å². The highest BCUT2D eigenvalue weighted by atomic mass is 16.3. The lowest BCUT2D eigenvalue weighted by molar-refractivity contribution is 0.0100. The first-order chi connectivity index (χ1) is 8.27. The standard InChI is InChI=1S/C12H24N4O/c1-8(17)10-3-2-6-16(10)12-9-4-5-13-11(9)14-7-15-12/h8-15,17H,2-7H2,1H3. The first-order valence-corrected chi connectivity index (χ1v) is 6.91. The molecule has 3 aliphatic rings. The minimum absolute atomic E-state index is 0.220. The lowest BCUT2D eigenvalue weighted by Crippen LogP contribution is -2.65. The maximum Gasteiger partial charge on any atom is 0.0667 e. The summed E-state index contributed by atoms with van der Waals surface area (Å²) in [5, 5.41) is 20.5. The SMILES string of the molecule is CC(O)C1CCCN1C1NCNC2NCCC21. The Morgan fingerprint density at radius 3 is 2.94 bits per heavy atom. The number of aliphatic hydroxyl groups is 1. The van der Waals surface area contributed by atoms with Gasteiger partial charge in [0.15, 0.2) is 0 Å². The number of hydrogen-bond donors (Lipinski definition) is 4. The van der Waals surface area contributed by atoms with E-state index in [1.54, 1.807) is 0 Å². The summed E-state index contributed by atoms with van der Waals surface area (Å²) in [6, 6.07) is 0.340. The van der Waals surface area contributed by atoms with Crippen LogP contribution in [-0.2, 0) is 0 Å². The number of hydrogen-bond acceptors (Lipinski definition) is 5. The van der Waals surface area contributed by atoms with Gasteiger partial charge in [0.1, 0.15) is 0 Å². The molecule has 3 saturated heterocycles. The highest BCUT2D eigenvalue weighted by Crippen LogP contribution is 2.29. The molecule has 98 valence electrons. The summed E-state index contributed by atoms with van der Waals surface area (Å²) < 4.78 is 0. The molecule has 0 saturated carbocycles. The topological polar surface area (TPSA) is 59.6 Å². The summed E-state index contributed by atoms with van der Waals surface area (Å²) in [6.07, 6.45) is 4.23. The molecule has 4 N–H and O–H groups in total. The second-order valence-electron chi connectivity index (χ2n) is 5.60. The highest BCUT2D eigenvalue weighted by molar-refractivity contribution is 4.97. The van der Waals surface area contributed by atoms with Crippen LogP contribution in [0.15, 0.2) is 0 Å². The van der Waals surface area contributed by atoms with Gasteiger partial charge in [0, 0.05) is 25.2 Å². The zero-order valence-corrected chi connectivity index (χ0v) is 10.5. The van der Waals surface area contributed by atoms with E-state index in [-0.39, 0.29) is 6.10 Å². The van der Waals surface area contributed by atoms with Gasteiger partial charge in [0.25, 0.3) is 0 Å². The van der Waals surface area contributed by atoms with Crippen molar-refractivity contribution in [3.63, 3.8) is 0 Å². The fourth-order valence-electron chi connectivity index (χ4n) is 3.75. The Balaban J connectivity index is 1.73. The summed E-state index contributed by atoms with van der Waals surface area (Å²) in [4.78, 5) is 2.50. The van der Waals surface area contributed by atoms with E-state index in [4.69, 9.17) is 0 Å². The highest BCUT2D eigenvalue weighted by Gasteiger charge is 2.43. The zero-order valence-electron chi connectivity index (χ0n) is 10.5. The molecule has 5 atom stereocenters. The van der Waals surface area contributed by atoms with Crippen molar-refractivity contribution >= 4 is 0 Å². The molecule has 3 rings (SSSR count). The van der Waals surface area contributed by atoms with Crippen LogP contribution in [0.5, 0.6) is 0 Å². The third-order valence-electron chi connectivity index (χ3n) is 4.57. The molecule has 0 radical (unpaired) electrons. The van der Waals surface area contributed by atoms with E-state index in [0.29, 0.717) is 24.3 Å². The first kappa shape index (κ1) is 11.9. The largest absolute Gasteiger partial charge is 0.392 e. The van der Waals surface area contributed by atoms with E-state index in [9.17, 15) is 5.11 Å². The molecule has 3 aliphatic heterocycles. The summed E-state index contributed by atoms with van der Waals surface area (Å²) in [5.74, 6) is 0.628. The van der Waals surface area contributed by atoms with Crippen molar-refractivity contribution in [2.45, 2.75) is 50.7 Å². The van der Waals surface area contributed by atoms with Gasteiger partial charge < -0.3 is 10.4 Å². The molecule has 5 nitrogen and oxygen atoms in total. The van der Waals surface area contributed by atoms with Crippen LogP contribution >= 0.6 is 0 Å². The number of nitrogens with one attached hydrogen (secondary N) is 3. The van der Waals surface area contributed by atoms with Crippen LogP contribution < -0.4 is 16.0 Å². The Bertz CT molecular complexity index is 273. The van der Waals surface area contributed by atoms with Crippen molar-refractivity contribution in [2.24, 2.45) is 5.92 Å². The molecule has 5 heteroatoms. The minimum atomic E-state index is -0.220. The lowest BCUT2D eigenvalue weighted by Gasteiger charge is -2.43. The van der Waals surface area contributed by atoms with E-state index >= 15 is 0 Å². The number of fused-ring (bicyclic) bond motifs is 1. The van der Waals surface area contributed by atoms with Gasteiger partial charge in [0.2, 0.25) is 0 Å². The van der Waals surface area contributed by atoms with Crippen LogP contribution in [0.1, 0.15) is 26.2 Å². The molecule has 5 unspecified atom stereocenters. The van der Waals surface area contributed by atoms with Gasteiger partial charge in [0.05, 0.1) is 18.4 Å². The molecule has 0 aromatic heterocycles. The molecule has 0 spiro atoms. The predicted octanol–water partition coefficient (Wildman–Crippen LogP) is -0.756. The van der Waals surface area contributed by atoms with Crippen molar-refractivity contribution in [3.8, 4) is 0 Å². The van der Waals surface area contributed by atoms with E-state index < -0.39 is 0 Å². The van der Waals surface area contributed by atoms with Crippen LogP contribution in [0.4, 0.5) is 0 Å². The third-order valence-corrected chi connectivity index (χ3v) is 4.57. The van der Waals surface area contributed by atoms with E-state index in [1.165, 1.54) is 12.8 Å². The van der Waals surface area contributed by atoms with Gasteiger partial charge in [-0.3, -0.25) is 15.5 Å². The van der Waals surface area contributed by atoms with Crippen molar-refractivity contribution < 1.29 is 5.11 Å². The van der Waals surface area contributed by atoms with Gasteiger partial charge >= 0.3 is 0 Å². The van der Waals surface area contributed by atoms with Crippen LogP contribution in [0, 0.1) is 5.92 Å². The lowest BCUT2D eigenvalue weighted by atomic mass is 9.97. The van der Waals surface area contributed by atoms with Crippen molar-refractivity contribution in [2.75, 3.05) is 19.8 Å². The van der Waals surface area contributed by atoms with Crippen molar-refractivity contribution in [3.05, 3.63) is 0 Å². The van der Waals surface area contributed by atoms with Crippen LogP contribution in [0.25, 0.3) is 0 Å². The van der Waals surface area contributed by atoms with Gasteiger partial charge in [-0.25, -0.2) is 0 Å². The Hall–Kier alpha value is -0.200. The minimum Gasteiger partial charge on any atom is -0.392 e. The van der Waals surface area contributed by atoms with E-state index in [1.807, 2.05) is 6.92 Å². The van der Waals surface area contributed by atoms with Crippen molar-refractivity contribution in [1.29, 1.82) is 0 Å². The smallest absolute Gasteiger partial charge is 0.0667 e. The summed E-state index contributed by atoms with van der Waals surface area (Å²) >= 11 is 0. The molecule has 0 aliphatic carbocycles. The van der Waals surface area contributed by atoms with Gasteiger partial charge in [-0.05, 0) is 32.7 Å². The summed E-state index contributed by atoms with van der Waals surface area (Å²) in [5.41, 5.74) is 0. The van der Waals surface area contributed by atoms with Gasteiger partial charge in [-0.2, -0.15) is 0 Å². The molecule has 17 heavy (non-hydrogen) atoms. The maximum atomic E-state index is 9.89. The fourth-order valence-corrected chi connectivity index (χ4v) is 3.75. The number of aliphatic hydroxyl groups excluding tert-OH is 1.